The Bertz CT molecular complexity index is 783. The number of amides is 1. The number of nitro groups is 2. The molecule has 0 unspecified atom stereocenters. The van der Waals surface area contributed by atoms with Gasteiger partial charge in [-0.25, -0.2) is 4.79 Å². The molecule has 0 heterocycles. The maximum Gasteiger partial charge on any atom is 0.410 e. The quantitative estimate of drug-likeness (QED) is 0.229. The van der Waals surface area contributed by atoms with E-state index in [4.69, 9.17) is 18.9 Å². The number of nitrogens with one attached hydrogen (secondary N) is 1. The Hall–Kier alpha value is -3.03. The van der Waals surface area contributed by atoms with Crippen molar-refractivity contribution in [2.45, 2.75) is 26.4 Å². The van der Waals surface area contributed by atoms with Crippen LogP contribution in [0.3, 0.4) is 0 Å². The molecule has 0 aromatic heterocycles. The first-order valence-corrected chi connectivity index (χ1v) is 10.4. The molecular formula is C20H32N4O9. The highest BCUT2D eigenvalue weighted by Crippen LogP contribution is 2.28. The van der Waals surface area contributed by atoms with Crippen LogP contribution in [0.1, 0.15) is 20.8 Å². The van der Waals surface area contributed by atoms with Gasteiger partial charge in [0.25, 0.3) is 11.4 Å². The molecule has 0 radical (unpaired) electrons. The number of ether oxygens (including phenoxy) is 4. The van der Waals surface area contributed by atoms with Crippen molar-refractivity contribution in [3.8, 4) is 0 Å². The number of non-ortho nitro benzene ring substituents is 1. The average molecular weight is 472 g/mol. The molecule has 0 fully saturated rings. The van der Waals surface area contributed by atoms with Gasteiger partial charge >= 0.3 is 6.09 Å². The van der Waals surface area contributed by atoms with Crippen molar-refractivity contribution < 1.29 is 33.6 Å². The second-order valence-electron chi connectivity index (χ2n) is 7.88. The molecule has 1 N–H and O–H groups in total. The second-order valence-corrected chi connectivity index (χ2v) is 7.88. The number of likely N-dealkylation sites (N-methyl/N-ethyl adjacent to an activating group) is 1. The molecule has 0 aliphatic heterocycles. The van der Waals surface area contributed by atoms with Crippen molar-refractivity contribution >= 4 is 23.2 Å². The summed E-state index contributed by atoms with van der Waals surface area (Å²) >= 11 is 0. The average Bonchev–Trinajstić information content (AvgIpc) is 2.72. The van der Waals surface area contributed by atoms with E-state index in [0.29, 0.717) is 39.6 Å². The molecule has 1 amide bonds. The van der Waals surface area contributed by atoms with Crippen LogP contribution < -0.4 is 5.32 Å². The third-order valence-electron chi connectivity index (χ3n) is 3.97. The molecule has 1 aromatic carbocycles. The van der Waals surface area contributed by atoms with Gasteiger partial charge < -0.3 is 29.2 Å². The van der Waals surface area contributed by atoms with Crippen molar-refractivity contribution in [1.82, 2.24) is 4.90 Å². The summed E-state index contributed by atoms with van der Waals surface area (Å²) in [6.07, 6.45) is -0.405. The van der Waals surface area contributed by atoms with E-state index in [1.54, 1.807) is 27.8 Å². The van der Waals surface area contributed by atoms with Crippen LogP contribution in [0, 0.1) is 20.2 Å². The van der Waals surface area contributed by atoms with Gasteiger partial charge in [-0.05, 0) is 26.8 Å². The van der Waals surface area contributed by atoms with Crippen molar-refractivity contribution in [3.63, 3.8) is 0 Å². The summed E-state index contributed by atoms with van der Waals surface area (Å²) in [5.74, 6) is 0. The minimum atomic E-state index is -0.687. The van der Waals surface area contributed by atoms with E-state index in [0.717, 1.165) is 6.07 Å². The van der Waals surface area contributed by atoms with Gasteiger partial charge in [0.2, 0.25) is 0 Å². The zero-order chi connectivity index (χ0) is 24.9. The van der Waals surface area contributed by atoms with Crippen LogP contribution in [0.15, 0.2) is 18.2 Å². The van der Waals surface area contributed by atoms with Gasteiger partial charge in [0.05, 0.1) is 55.6 Å². The van der Waals surface area contributed by atoms with Crippen molar-refractivity contribution in [3.05, 3.63) is 38.4 Å². The fourth-order valence-electron chi connectivity index (χ4n) is 2.37. The summed E-state index contributed by atoms with van der Waals surface area (Å²) in [6.45, 7) is 8.13. The number of carbonyl (C=O) groups is 1. The van der Waals surface area contributed by atoms with Gasteiger partial charge in [-0.2, -0.15) is 0 Å². The van der Waals surface area contributed by atoms with E-state index in [2.05, 4.69) is 5.32 Å². The Labute approximate surface area is 192 Å². The molecule has 0 aliphatic rings. The molecule has 1 rings (SSSR count). The molecule has 33 heavy (non-hydrogen) atoms. The Morgan fingerprint density at radius 3 is 2.09 bits per heavy atom. The molecule has 0 spiro atoms. The molecule has 1 aromatic rings. The number of hydrogen-bond acceptors (Lipinski definition) is 10. The lowest BCUT2D eigenvalue weighted by Gasteiger charge is -2.24. The third-order valence-corrected chi connectivity index (χ3v) is 3.97. The number of carbonyl (C=O) groups excluding carboxylic acids is 1. The number of anilines is 1. The predicted octanol–water partition coefficient (Wildman–Crippen LogP) is 2.83. The molecule has 0 saturated carbocycles. The highest BCUT2D eigenvalue weighted by atomic mass is 16.6. The Morgan fingerprint density at radius 1 is 0.970 bits per heavy atom. The van der Waals surface area contributed by atoms with Crippen molar-refractivity contribution in [2.24, 2.45) is 0 Å². The van der Waals surface area contributed by atoms with E-state index in [9.17, 15) is 25.0 Å². The molecule has 186 valence electrons. The Kier molecular flexibility index (Phi) is 12.0. The topological polar surface area (TPSA) is 156 Å². The van der Waals surface area contributed by atoms with Crippen LogP contribution in [0.4, 0.5) is 21.9 Å². The summed E-state index contributed by atoms with van der Waals surface area (Å²) in [4.78, 5) is 33.7. The lowest BCUT2D eigenvalue weighted by atomic mass is 10.2. The minimum absolute atomic E-state index is 0.180. The number of nitro benzene ring substituents is 2. The zero-order valence-electron chi connectivity index (χ0n) is 19.4. The fraction of sp³-hybridized carbons (Fsp3) is 0.650. The zero-order valence-corrected chi connectivity index (χ0v) is 19.4. The Balaban J connectivity index is 2.07. The lowest BCUT2D eigenvalue weighted by molar-refractivity contribution is -0.393. The second kappa shape index (κ2) is 14.2. The molecule has 0 bridgehead atoms. The van der Waals surface area contributed by atoms with Gasteiger partial charge in [-0.1, -0.05) is 0 Å². The summed E-state index contributed by atoms with van der Waals surface area (Å²) in [5.41, 5.74) is -1.08. The molecular weight excluding hydrogens is 440 g/mol. The van der Waals surface area contributed by atoms with Gasteiger partial charge in [-0.3, -0.25) is 20.2 Å². The van der Waals surface area contributed by atoms with E-state index in [1.165, 1.54) is 17.0 Å². The van der Waals surface area contributed by atoms with E-state index < -0.39 is 21.5 Å². The first kappa shape index (κ1) is 28.0. The van der Waals surface area contributed by atoms with Crippen LogP contribution in [-0.4, -0.2) is 86.2 Å². The highest BCUT2D eigenvalue weighted by Gasteiger charge is 2.20. The predicted molar refractivity (Wildman–Crippen MR) is 120 cm³/mol. The largest absolute Gasteiger partial charge is 0.444 e. The molecule has 13 heteroatoms. The summed E-state index contributed by atoms with van der Waals surface area (Å²) < 4.78 is 21.4. The van der Waals surface area contributed by atoms with E-state index >= 15 is 0 Å². The molecule has 0 aliphatic carbocycles. The normalized spacial score (nSPS) is 11.2. The first-order valence-electron chi connectivity index (χ1n) is 10.4. The van der Waals surface area contributed by atoms with Gasteiger partial charge in [0.15, 0.2) is 0 Å². The van der Waals surface area contributed by atoms with E-state index in [-0.39, 0.29) is 30.2 Å². The van der Waals surface area contributed by atoms with Gasteiger partial charge in [-0.15, -0.1) is 0 Å². The third kappa shape index (κ3) is 12.0. The van der Waals surface area contributed by atoms with Crippen LogP contribution in [0.2, 0.25) is 0 Å². The number of rotatable bonds is 15. The van der Waals surface area contributed by atoms with Crippen LogP contribution >= 0.6 is 0 Å². The molecule has 13 nitrogen and oxygen atoms in total. The number of nitrogens with zero attached hydrogens (tertiary/aromatic N) is 3. The maximum absolute atomic E-state index is 11.8. The highest BCUT2D eigenvalue weighted by molar-refractivity contribution is 5.67. The summed E-state index contributed by atoms with van der Waals surface area (Å²) in [7, 11) is 1.64. The van der Waals surface area contributed by atoms with Crippen LogP contribution in [0.25, 0.3) is 0 Å². The van der Waals surface area contributed by atoms with Crippen molar-refractivity contribution in [1.29, 1.82) is 0 Å². The standard InChI is InChI=1S/C20H32N4O9/c1-20(2,3)33-19(25)22(4)8-10-31-12-14-32-13-11-30-9-7-21-17-6-5-16(23(26)27)15-18(17)24(28)29/h5-6,15,21H,7-14H2,1-4H3. The fourth-order valence-corrected chi connectivity index (χ4v) is 2.37. The lowest BCUT2D eigenvalue weighted by Crippen LogP contribution is -2.36. The monoisotopic (exact) mass is 472 g/mol. The summed E-state index contributed by atoms with van der Waals surface area (Å²) in [5, 5.41) is 24.6. The smallest absolute Gasteiger partial charge is 0.410 e. The molecule has 0 saturated heterocycles. The van der Waals surface area contributed by atoms with Gasteiger partial charge in [0.1, 0.15) is 11.3 Å². The number of benzene rings is 1. The molecule has 0 atom stereocenters. The van der Waals surface area contributed by atoms with Crippen molar-refractivity contribution in [2.75, 3.05) is 65.1 Å². The van der Waals surface area contributed by atoms with Crippen LogP contribution in [-0.2, 0) is 18.9 Å². The van der Waals surface area contributed by atoms with Gasteiger partial charge in [0, 0.05) is 26.2 Å². The SMILES string of the molecule is CN(CCOCCOCCOCCNc1ccc([N+](=O)[O-])cc1[N+](=O)[O-])C(=O)OC(C)(C)C. The Morgan fingerprint density at radius 2 is 1.55 bits per heavy atom. The first-order chi connectivity index (χ1) is 15.5. The number of hydrogen-bond donors (Lipinski definition) is 1. The summed E-state index contributed by atoms with van der Waals surface area (Å²) in [6, 6.07) is 3.40. The minimum Gasteiger partial charge on any atom is -0.444 e. The maximum atomic E-state index is 11.8. The van der Waals surface area contributed by atoms with Crippen LogP contribution in [0.5, 0.6) is 0 Å². The van der Waals surface area contributed by atoms with E-state index in [1.807, 2.05) is 0 Å².